The van der Waals surface area contributed by atoms with Crippen LogP contribution in [0.3, 0.4) is 0 Å². The van der Waals surface area contributed by atoms with Crippen LogP contribution in [-0.2, 0) is 21.2 Å². The number of rotatable bonds is 6. The summed E-state index contributed by atoms with van der Waals surface area (Å²) in [5.41, 5.74) is 0.946. The van der Waals surface area contributed by atoms with Crippen molar-refractivity contribution in [2.75, 3.05) is 32.8 Å². The highest BCUT2D eigenvalue weighted by molar-refractivity contribution is 7.89. The van der Waals surface area contributed by atoms with Crippen LogP contribution in [0.2, 0.25) is 0 Å². The number of fused-ring (bicyclic) bond motifs is 1. The molecule has 1 fully saturated rings. The largest absolute Gasteiger partial charge is 0.486 e. The van der Waals surface area contributed by atoms with Crippen molar-refractivity contribution >= 4 is 15.9 Å². The average molecular weight is 449 g/mol. The van der Waals surface area contributed by atoms with Crippen molar-refractivity contribution in [3.8, 4) is 11.5 Å². The Hall–Kier alpha value is -2.65. The Morgan fingerprint density at radius 1 is 1.03 bits per heavy atom. The molecule has 7 nitrogen and oxygen atoms in total. The summed E-state index contributed by atoms with van der Waals surface area (Å²) in [5, 5.41) is 2.90. The zero-order chi connectivity index (χ0) is 21.8. The van der Waals surface area contributed by atoms with Gasteiger partial charge in [0.15, 0.2) is 11.5 Å². The summed E-state index contributed by atoms with van der Waals surface area (Å²) in [6.07, 6.45) is 1.54. The number of carbonyl (C=O) groups excluding carboxylic acids is 1. The van der Waals surface area contributed by atoms with Gasteiger partial charge in [-0.25, -0.2) is 12.8 Å². The number of sulfonamides is 1. The molecule has 0 bridgehead atoms. The second-order valence-corrected chi connectivity index (χ2v) is 9.59. The number of hydrogen-bond acceptors (Lipinski definition) is 5. The van der Waals surface area contributed by atoms with Gasteiger partial charge in [-0.2, -0.15) is 4.31 Å². The van der Waals surface area contributed by atoms with Crippen LogP contribution in [-0.4, -0.2) is 51.5 Å². The maximum Gasteiger partial charge on any atom is 0.243 e. The van der Waals surface area contributed by atoms with E-state index in [1.165, 1.54) is 28.6 Å². The summed E-state index contributed by atoms with van der Waals surface area (Å²) < 4.78 is 51.3. The van der Waals surface area contributed by atoms with E-state index in [2.05, 4.69) is 5.32 Å². The topological polar surface area (TPSA) is 84.9 Å². The quantitative estimate of drug-likeness (QED) is 0.733. The van der Waals surface area contributed by atoms with Gasteiger partial charge in [0.25, 0.3) is 0 Å². The van der Waals surface area contributed by atoms with Crippen molar-refractivity contribution in [1.82, 2.24) is 9.62 Å². The number of carbonyl (C=O) groups is 1. The average Bonchev–Trinajstić information content (AvgIpc) is 2.80. The fourth-order valence-electron chi connectivity index (χ4n) is 3.82. The van der Waals surface area contributed by atoms with E-state index < -0.39 is 10.0 Å². The van der Waals surface area contributed by atoms with Gasteiger partial charge in [-0.3, -0.25) is 4.79 Å². The molecule has 1 amide bonds. The molecule has 2 aromatic rings. The normalized spacial score (nSPS) is 17.3. The zero-order valence-corrected chi connectivity index (χ0v) is 17.9. The molecule has 2 aromatic carbocycles. The third kappa shape index (κ3) is 4.99. The van der Waals surface area contributed by atoms with Gasteiger partial charge in [-0.05, 0) is 49.1 Å². The van der Waals surface area contributed by atoms with Gasteiger partial charge in [-0.1, -0.05) is 12.1 Å². The molecule has 0 saturated carbocycles. The number of nitrogens with one attached hydrogen (secondary N) is 1. The summed E-state index contributed by atoms with van der Waals surface area (Å²) in [7, 11) is -3.67. The monoisotopic (exact) mass is 448 g/mol. The molecule has 1 N–H and O–H groups in total. The predicted molar refractivity (Wildman–Crippen MR) is 112 cm³/mol. The lowest BCUT2D eigenvalue weighted by atomic mass is 9.97. The fourth-order valence-corrected chi connectivity index (χ4v) is 5.30. The first-order valence-electron chi connectivity index (χ1n) is 10.4. The predicted octanol–water partition coefficient (Wildman–Crippen LogP) is 2.36. The molecule has 1 saturated heterocycles. The number of piperidine rings is 1. The van der Waals surface area contributed by atoms with Crippen LogP contribution in [0.15, 0.2) is 47.4 Å². The third-order valence-electron chi connectivity index (χ3n) is 5.60. The molecule has 166 valence electrons. The van der Waals surface area contributed by atoms with E-state index in [0.717, 1.165) is 5.56 Å². The van der Waals surface area contributed by atoms with Crippen LogP contribution in [0.5, 0.6) is 11.5 Å². The second kappa shape index (κ2) is 9.23. The molecule has 0 radical (unpaired) electrons. The van der Waals surface area contributed by atoms with Crippen molar-refractivity contribution in [2.24, 2.45) is 5.92 Å². The van der Waals surface area contributed by atoms with Gasteiger partial charge in [-0.15, -0.1) is 0 Å². The molecular weight excluding hydrogens is 423 g/mol. The molecule has 0 aromatic heterocycles. The lowest BCUT2D eigenvalue weighted by molar-refractivity contribution is -0.126. The highest BCUT2D eigenvalue weighted by Gasteiger charge is 2.32. The highest BCUT2D eigenvalue weighted by Crippen LogP contribution is 2.34. The summed E-state index contributed by atoms with van der Waals surface area (Å²) in [6, 6.07) is 10.8. The van der Waals surface area contributed by atoms with E-state index in [-0.39, 0.29) is 35.6 Å². The van der Waals surface area contributed by atoms with Gasteiger partial charge in [0.1, 0.15) is 19.0 Å². The molecule has 31 heavy (non-hydrogen) atoms. The molecular formula is C22H25FN2O5S. The van der Waals surface area contributed by atoms with Crippen LogP contribution in [0.4, 0.5) is 4.39 Å². The Labute approximate surface area is 181 Å². The summed E-state index contributed by atoms with van der Waals surface area (Å²) >= 11 is 0. The molecule has 0 aliphatic carbocycles. The van der Waals surface area contributed by atoms with E-state index in [9.17, 15) is 17.6 Å². The highest BCUT2D eigenvalue weighted by atomic mass is 32.2. The van der Waals surface area contributed by atoms with Gasteiger partial charge in [0, 0.05) is 31.6 Å². The SMILES string of the molecule is O=C(NCCc1ccc(F)cc1)C1CCN(S(=O)(=O)c2ccc3c(c2)OCCO3)CC1. The van der Waals surface area contributed by atoms with Crippen LogP contribution in [0.1, 0.15) is 18.4 Å². The van der Waals surface area contributed by atoms with Crippen molar-refractivity contribution in [1.29, 1.82) is 0 Å². The Bertz CT molecular complexity index is 1030. The smallest absolute Gasteiger partial charge is 0.243 e. The first-order chi connectivity index (χ1) is 14.9. The minimum atomic E-state index is -3.67. The molecule has 2 aliphatic rings. The Balaban J connectivity index is 1.29. The molecule has 2 heterocycles. The lowest BCUT2D eigenvalue weighted by Crippen LogP contribution is -2.43. The summed E-state index contributed by atoms with van der Waals surface area (Å²) in [5.74, 6) is 0.396. The molecule has 2 aliphatic heterocycles. The van der Waals surface area contributed by atoms with E-state index in [4.69, 9.17) is 9.47 Å². The van der Waals surface area contributed by atoms with Gasteiger partial charge in [0.05, 0.1) is 4.90 Å². The van der Waals surface area contributed by atoms with Crippen LogP contribution in [0, 0.1) is 11.7 Å². The van der Waals surface area contributed by atoms with Crippen molar-refractivity contribution in [3.05, 3.63) is 53.8 Å². The van der Waals surface area contributed by atoms with Crippen LogP contribution in [0.25, 0.3) is 0 Å². The Morgan fingerprint density at radius 2 is 1.71 bits per heavy atom. The van der Waals surface area contributed by atoms with Crippen LogP contribution < -0.4 is 14.8 Å². The number of benzene rings is 2. The van der Waals surface area contributed by atoms with Gasteiger partial charge >= 0.3 is 0 Å². The van der Waals surface area contributed by atoms with Gasteiger partial charge < -0.3 is 14.8 Å². The molecule has 0 spiro atoms. The standard InChI is InChI=1S/C22H25FN2O5S/c23-18-3-1-16(2-4-18)7-10-24-22(26)17-8-11-25(12-9-17)31(27,28)19-5-6-20-21(15-19)30-14-13-29-20/h1-6,15,17H,7-14H2,(H,24,26). The Kier molecular flexibility index (Phi) is 6.43. The maximum atomic E-state index is 13.0. The third-order valence-corrected chi connectivity index (χ3v) is 7.50. The first kappa shape index (κ1) is 21.6. The molecule has 4 rings (SSSR count). The first-order valence-corrected chi connectivity index (χ1v) is 11.8. The number of halogens is 1. The Morgan fingerprint density at radius 3 is 2.42 bits per heavy atom. The van der Waals surface area contributed by atoms with E-state index in [0.29, 0.717) is 50.5 Å². The van der Waals surface area contributed by atoms with Crippen molar-refractivity contribution in [3.63, 3.8) is 0 Å². The van der Waals surface area contributed by atoms with Crippen molar-refractivity contribution in [2.45, 2.75) is 24.2 Å². The van der Waals surface area contributed by atoms with Crippen molar-refractivity contribution < 1.29 is 27.1 Å². The second-order valence-electron chi connectivity index (χ2n) is 7.65. The fraction of sp³-hybridized carbons (Fsp3) is 0.409. The minimum Gasteiger partial charge on any atom is -0.486 e. The molecule has 9 heteroatoms. The van der Waals surface area contributed by atoms with E-state index in [1.54, 1.807) is 18.2 Å². The number of hydrogen-bond donors (Lipinski definition) is 1. The molecule has 0 unspecified atom stereocenters. The maximum absolute atomic E-state index is 13.0. The molecule has 0 atom stereocenters. The number of nitrogens with zero attached hydrogens (tertiary/aromatic N) is 1. The number of amides is 1. The zero-order valence-electron chi connectivity index (χ0n) is 17.1. The summed E-state index contributed by atoms with van der Waals surface area (Å²) in [6.45, 7) is 1.86. The minimum absolute atomic E-state index is 0.0708. The lowest BCUT2D eigenvalue weighted by Gasteiger charge is -2.30. The van der Waals surface area contributed by atoms with Crippen LogP contribution >= 0.6 is 0 Å². The van der Waals surface area contributed by atoms with Gasteiger partial charge in [0.2, 0.25) is 15.9 Å². The summed E-state index contributed by atoms with van der Waals surface area (Å²) in [4.78, 5) is 12.6. The van der Waals surface area contributed by atoms with E-state index >= 15 is 0 Å². The van der Waals surface area contributed by atoms with E-state index in [1.807, 2.05) is 0 Å². The number of ether oxygens (including phenoxy) is 2.